The first-order valence-corrected chi connectivity index (χ1v) is 6.96. The van der Waals surface area contributed by atoms with Gasteiger partial charge in [-0.2, -0.15) is 0 Å². The van der Waals surface area contributed by atoms with Gasteiger partial charge < -0.3 is 10.3 Å². The van der Waals surface area contributed by atoms with Crippen LogP contribution in [0.3, 0.4) is 0 Å². The molecule has 0 unspecified atom stereocenters. The van der Waals surface area contributed by atoms with Crippen molar-refractivity contribution in [2.45, 2.75) is 50.5 Å². The van der Waals surface area contributed by atoms with Crippen molar-refractivity contribution in [3.63, 3.8) is 0 Å². The summed E-state index contributed by atoms with van der Waals surface area (Å²) in [4.78, 5) is 4.87. The molecule has 18 heavy (non-hydrogen) atoms. The van der Waals surface area contributed by atoms with Gasteiger partial charge >= 0.3 is 0 Å². The predicted octanol–water partition coefficient (Wildman–Crippen LogP) is 3.40. The van der Waals surface area contributed by atoms with Crippen LogP contribution in [0.1, 0.15) is 50.8 Å². The fraction of sp³-hybridized carbons (Fsp3) is 0.533. The minimum atomic E-state index is 0.294. The van der Waals surface area contributed by atoms with Gasteiger partial charge in [-0.25, -0.2) is 4.98 Å². The molecule has 3 nitrogen and oxygen atoms in total. The summed E-state index contributed by atoms with van der Waals surface area (Å²) < 4.78 is 2.52. The van der Waals surface area contributed by atoms with Crippen molar-refractivity contribution < 1.29 is 0 Å². The molecule has 2 aliphatic carbocycles. The number of nitrogens with zero attached hydrogens (tertiary/aromatic N) is 2. The predicted molar refractivity (Wildman–Crippen MR) is 73.6 cm³/mol. The fourth-order valence-electron chi connectivity index (χ4n) is 3.21. The molecule has 94 valence electrons. The highest BCUT2D eigenvalue weighted by atomic mass is 15.2. The standard InChI is InChI=1S/C15H19N3/c1-15(7-2-8-15)18-13-6-5-11(16)9-12(13)17-14(18)10-3-4-10/h5-6,9-10H,2-4,7-8,16H2,1H3. The van der Waals surface area contributed by atoms with Crippen LogP contribution in [0.4, 0.5) is 5.69 Å². The van der Waals surface area contributed by atoms with Crippen LogP contribution >= 0.6 is 0 Å². The van der Waals surface area contributed by atoms with E-state index in [0.717, 1.165) is 11.2 Å². The highest BCUT2D eigenvalue weighted by molar-refractivity contribution is 5.80. The fourth-order valence-corrected chi connectivity index (χ4v) is 3.21. The Hall–Kier alpha value is -1.51. The maximum atomic E-state index is 5.88. The zero-order valence-corrected chi connectivity index (χ0v) is 10.8. The van der Waals surface area contributed by atoms with Crippen LogP contribution in [-0.4, -0.2) is 9.55 Å². The van der Waals surface area contributed by atoms with E-state index in [-0.39, 0.29) is 0 Å². The van der Waals surface area contributed by atoms with E-state index < -0.39 is 0 Å². The number of benzene rings is 1. The molecule has 0 saturated heterocycles. The number of nitrogens with two attached hydrogens (primary N) is 1. The second-order valence-corrected chi connectivity index (χ2v) is 6.18. The molecule has 1 aromatic heterocycles. The van der Waals surface area contributed by atoms with Crippen molar-refractivity contribution in [2.24, 2.45) is 0 Å². The number of hydrogen-bond acceptors (Lipinski definition) is 2. The van der Waals surface area contributed by atoms with Crippen molar-refractivity contribution in [3.05, 3.63) is 24.0 Å². The summed E-state index contributed by atoms with van der Waals surface area (Å²) in [7, 11) is 0. The average molecular weight is 241 g/mol. The molecular weight excluding hydrogens is 222 g/mol. The van der Waals surface area contributed by atoms with Crippen molar-refractivity contribution >= 4 is 16.7 Å². The number of hydrogen-bond donors (Lipinski definition) is 1. The van der Waals surface area contributed by atoms with Crippen LogP contribution in [0.15, 0.2) is 18.2 Å². The van der Waals surface area contributed by atoms with Gasteiger partial charge in [0.25, 0.3) is 0 Å². The lowest BCUT2D eigenvalue weighted by Gasteiger charge is -2.41. The Morgan fingerprint density at radius 2 is 2.11 bits per heavy atom. The van der Waals surface area contributed by atoms with Crippen LogP contribution in [0.25, 0.3) is 11.0 Å². The Labute approximate surface area is 107 Å². The average Bonchev–Trinajstić information content (AvgIpc) is 3.07. The van der Waals surface area contributed by atoms with Crippen LogP contribution in [0.2, 0.25) is 0 Å². The van der Waals surface area contributed by atoms with E-state index in [1.54, 1.807) is 0 Å². The number of anilines is 1. The number of rotatable bonds is 2. The first kappa shape index (κ1) is 10.4. The molecule has 1 heterocycles. The molecule has 2 saturated carbocycles. The Kier molecular flexibility index (Phi) is 1.90. The first-order chi connectivity index (χ1) is 8.67. The summed E-state index contributed by atoms with van der Waals surface area (Å²) in [6.45, 7) is 2.37. The Bertz CT molecular complexity index is 618. The molecule has 0 atom stereocenters. The van der Waals surface area contributed by atoms with E-state index in [2.05, 4.69) is 17.6 Å². The highest BCUT2D eigenvalue weighted by Crippen LogP contribution is 2.47. The topological polar surface area (TPSA) is 43.8 Å². The largest absolute Gasteiger partial charge is 0.399 e. The van der Waals surface area contributed by atoms with Crippen molar-refractivity contribution in [3.8, 4) is 0 Å². The Morgan fingerprint density at radius 3 is 2.72 bits per heavy atom. The smallest absolute Gasteiger partial charge is 0.113 e. The van der Waals surface area contributed by atoms with Gasteiger partial charge in [-0.1, -0.05) is 0 Å². The molecule has 3 heteroatoms. The number of aromatic nitrogens is 2. The minimum absolute atomic E-state index is 0.294. The van der Waals surface area contributed by atoms with Crippen LogP contribution in [0, 0.1) is 0 Å². The summed E-state index contributed by atoms with van der Waals surface area (Å²) in [5.74, 6) is 1.99. The third-order valence-electron chi connectivity index (χ3n) is 4.62. The molecule has 4 rings (SSSR count). The lowest BCUT2D eigenvalue weighted by atomic mass is 9.78. The van der Waals surface area contributed by atoms with Gasteiger partial charge in [0.2, 0.25) is 0 Å². The number of imidazole rings is 1. The van der Waals surface area contributed by atoms with Gasteiger partial charge in [0.15, 0.2) is 0 Å². The molecule has 2 fully saturated rings. The molecule has 0 amide bonds. The maximum Gasteiger partial charge on any atom is 0.113 e. The molecule has 2 aromatic rings. The summed E-state index contributed by atoms with van der Waals surface area (Å²) in [5.41, 5.74) is 9.33. The van der Waals surface area contributed by atoms with Crippen LogP contribution in [-0.2, 0) is 5.54 Å². The minimum Gasteiger partial charge on any atom is -0.399 e. The van der Waals surface area contributed by atoms with Crippen LogP contribution in [0.5, 0.6) is 0 Å². The van der Waals surface area contributed by atoms with Gasteiger partial charge in [-0.05, 0) is 57.2 Å². The number of nitrogen functional groups attached to an aromatic ring is 1. The second kappa shape index (κ2) is 3.28. The quantitative estimate of drug-likeness (QED) is 0.819. The van der Waals surface area contributed by atoms with Crippen molar-refractivity contribution in [1.29, 1.82) is 0 Å². The maximum absolute atomic E-state index is 5.88. The van der Waals surface area contributed by atoms with E-state index in [1.165, 1.54) is 43.4 Å². The molecule has 1 aromatic carbocycles. The van der Waals surface area contributed by atoms with E-state index in [1.807, 2.05) is 12.1 Å². The zero-order chi connectivity index (χ0) is 12.3. The van der Waals surface area contributed by atoms with Crippen molar-refractivity contribution in [1.82, 2.24) is 9.55 Å². The van der Waals surface area contributed by atoms with Crippen LogP contribution < -0.4 is 5.73 Å². The molecule has 2 aliphatic rings. The van der Waals surface area contributed by atoms with Gasteiger partial charge in [0.05, 0.1) is 11.0 Å². The lowest BCUT2D eigenvalue weighted by Crippen LogP contribution is -2.38. The normalized spacial score (nSPS) is 22.1. The SMILES string of the molecule is CC1(n2c(C3CC3)nc3cc(N)ccc32)CCC1. The van der Waals surface area contributed by atoms with Gasteiger partial charge in [0.1, 0.15) is 5.82 Å². The van der Waals surface area contributed by atoms with E-state index in [4.69, 9.17) is 10.7 Å². The summed E-state index contributed by atoms with van der Waals surface area (Å²) in [6.07, 6.45) is 6.50. The number of fused-ring (bicyclic) bond motifs is 1. The van der Waals surface area contributed by atoms with E-state index in [9.17, 15) is 0 Å². The molecule has 0 radical (unpaired) electrons. The van der Waals surface area contributed by atoms with Gasteiger partial charge in [-0.3, -0.25) is 0 Å². The molecule has 0 aliphatic heterocycles. The summed E-state index contributed by atoms with van der Waals surface area (Å²) in [6, 6.07) is 6.16. The lowest BCUT2D eigenvalue weighted by molar-refractivity contribution is 0.169. The molecule has 0 bridgehead atoms. The molecule has 2 N–H and O–H groups in total. The summed E-state index contributed by atoms with van der Waals surface area (Å²) >= 11 is 0. The third kappa shape index (κ3) is 1.33. The Balaban J connectivity index is 1.99. The van der Waals surface area contributed by atoms with Gasteiger partial charge in [-0.15, -0.1) is 0 Å². The zero-order valence-electron chi connectivity index (χ0n) is 10.8. The molecular formula is C15H19N3. The summed E-state index contributed by atoms with van der Waals surface area (Å²) in [5, 5.41) is 0. The Morgan fingerprint density at radius 1 is 1.33 bits per heavy atom. The highest BCUT2D eigenvalue weighted by Gasteiger charge is 2.40. The first-order valence-electron chi connectivity index (χ1n) is 6.96. The second-order valence-electron chi connectivity index (χ2n) is 6.18. The van der Waals surface area contributed by atoms with E-state index >= 15 is 0 Å². The van der Waals surface area contributed by atoms with Crippen molar-refractivity contribution in [2.75, 3.05) is 5.73 Å². The van der Waals surface area contributed by atoms with Gasteiger partial charge in [0, 0.05) is 17.1 Å². The molecule has 0 spiro atoms. The third-order valence-corrected chi connectivity index (χ3v) is 4.62. The monoisotopic (exact) mass is 241 g/mol. The van der Waals surface area contributed by atoms with E-state index in [0.29, 0.717) is 11.5 Å².